The van der Waals surface area contributed by atoms with Gasteiger partial charge in [-0.1, -0.05) is 31.2 Å². The van der Waals surface area contributed by atoms with E-state index >= 15 is 0 Å². The number of hydrogen-bond acceptors (Lipinski definition) is 2. The molecule has 2 nitrogen and oxygen atoms in total. The Balaban J connectivity index is 2.03. The highest BCUT2D eigenvalue weighted by atomic mass is 16.3. The van der Waals surface area contributed by atoms with Gasteiger partial charge >= 0.3 is 0 Å². The van der Waals surface area contributed by atoms with Gasteiger partial charge in [-0.05, 0) is 43.2 Å². The summed E-state index contributed by atoms with van der Waals surface area (Å²) in [6.45, 7) is 2.16. The molecule has 2 heteroatoms. The fourth-order valence-corrected chi connectivity index (χ4v) is 2.82. The number of aliphatic hydroxyl groups is 1. The number of hydrogen-bond donors (Lipinski definition) is 2. The summed E-state index contributed by atoms with van der Waals surface area (Å²) in [5.41, 5.74) is 7.94. The quantitative estimate of drug-likeness (QED) is 0.842. The minimum atomic E-state index is -0.578. The minimum Gasteiger partial charge on any atom is -0.389 e. The van der Waals surface area contributed by atoms with E-state index in [-0.39, 0.29) is 6.04 Å². The monoisotopic (exact) mass is 233 g/mol. The maximum atomic E-state index is 10.5. The fourth-order valence-electron chi connectivity index (χ4n) is 2.82. The number of nitrogens with two attached hydrogens (primary N) is 1. The largest absolute Gasteiger partial charge is 0.389 e. The molecule has 0 spiro atoms. The van der Waals surface area contributed by atoms with Crippen molar-refractivity contribution >= 4 is 0 Å². The van der Waals surface area contributed by atoms with E-state index in [0.29, 0.717) is 0 Å². The van der Waals surface area contributed by atoms with Crippen LogP contribution in [-0.2, 0) is 12.8 Å². The molecular formula is C15H23NO. The van der Waals surface area contributed by atoms with Crippen molar-refractivity contribution in [2.24, 2.45) is 5.73 Å². The van der Waals surface area contributed by atoms with Gasteiger partial charge in [-0.3, -0.25) is 0 Å². The molecule has 17 heavy (non-hydrogen) atoms. The standard InChI is InChI=1S/C15H23NO/c1-2-12-5-7-13(8-6-12)10-15(17)9-3-4-14(16)11-15/h5-8,14,17H,2-4,9-11,16H2,1H3. The van der Waals surface area contributed by atoms with E-state index in [1.165, 1.54) is 11.1 Å². The molecule has 1 saturated carbocycles. The van der Waals surface area contributed by atoms with E-state index in [4.69, 9.17) is 5.73 Å². The second kappa shape index (κ2) is 5.19. The Morgan fingerprint density at radius 2 is 1.94 bits per heavy atom. The summed E-state index contributed by atoms with van der Waals surface area (Å²) in [6.07, 6.45) is 5.53. The molecule has 2 rings (SSSR count). The molecule has 0 aromatic heterocycles. The van der Waals surface area contributed by atoms with Crippen LogP contribution < -0.4 is 5.73 Å². The van der Waals surface area contributed by atoms with Gasteiger partial charge in [0.05, 0.1) is 5.60 Å². The lowest BCUT2D eigenvalue weighted by molar-refractivity contribution is -0.00190. The SMILES string of the molecule is CCc1ccc(CC2(O)CCCC(N)C2)cc1. The first-order chi connectivity index (χ1) is 8.11. The summed E-state index contributed by atoms with van der Waals surface area (Å²) in [7, 11) is 0. The average molecular weight is 233 g/mol. The van der Waals surface area contributed by atoms with Crippen molar-refractivity contribution in [3.05, 3.63) is 35.4 Å². The molecule has 2 unspecified atom stereocenters. The molecule has 1 aromatic rings. The number of benzene rings is 1. The van der Waals surface area contributed by atoms with Crippen LogP contribution in [0.2, 0.25) is 0 Å². The van der Waals surface area contributed by atoms with Gasteiger partial charge in [0.15, 0.2) is 0 Å². The third-order valence-corrected chi connectivity index (χ3v) is 3.82. The van der Waals surface area contributed by atoms with Crippen LogP contribution in [0.5, 0.6) is 0 Å². The molecule has 1 aliphatic rings. The molecule has 1 aromatic carbocycles. The third-order valence-electron chi connectivity index (χ3n) is 3.82. The molecule has 1 fully saturated rings. The van der Waals surface area contributed by atoms with E-state index in [1.54, 1.807) is 0 Å². The number of aryl methyl sites for hydroxylation is 1. The van der Waals surface area contributed by atoms with Crippen LogP contribution >= 0.6 is 0 Å². The molecule has 0 radical (unpaired) electrons. The zero-order valence-corrected chi connectivity index (χ0v) is 10.7. The molecule has 0 heterocycles. The highest BCUT2D eigenvalue weighted by molar-refractivity contribution is 5.24. The highest BCUT2D eigenvalue weighted by Crippen LogP contribution is 2.30. The smallest absolute Gasteiger partial charge is 0.0702 e. The zero-order chi connectivity index (χ0) is 12.3. The van der Waals surface area contributed by atoms with Crippen molar-refractivity contribution < 1.29 is 5.11 Å². The second-order valence-corrected chi connectivity index (χ2v) is 5.43. The van der Waals surface area contributed by atoms with E-state index in [1.807, 2.05) is 0 Å². The van der Waals surface area contributed by atoms with Crippen LogP contribution in [0.3, 0.4) is 0 Å². The Labute approximate surface area is 104 Å². The summed E-state index contributed by atoms with van der Waals surface area (Å²) >= 11 is 0. The van der Waals surface area contributed by atoms with Crippen LogP contribution in [0.1, 0.15) is 43.7 Å². The van der Waals surface area contributed by atoms with Gasteiger partial charge in [0, 0.05) is 12.5 Å². The van der Waals surface area contributed by atoms with Crippen LogP contribution in [0.15, 0.2) is 24.3 Å². The van der Waals surface area contributed by atoms with Gasteiger partial charge in [0.25, 0.3) is 0 Å². The van der Waals surface area contributed by atoms with Gasteiger partial charge in [-0.25, -0.2) is 0 Å². The second-order valence-electron chi connectivity index (χ2n) is 5.43. The predicted octanol–water partition coefficient (Wildman–Crippen LogP) is 2.42. The molecule has 0 saturated heterocycles. The zero-order valence-electron chi connectivity index (χ0n) is 10.7. The lowest BCUT2D eigenvalue weighted by Gasteiger charge is -2.35. The van der Waals surface area contributed by atoms with Crippen LogP contribution in [0, 0.1) is 0 Å². The summed E-state index contributed by atoms with van der Waals surface area (Å²) in [5.74, 6) is 0. The van der Waals surface area contributed by atoms with Crippen molar-refractivity contribution in [3.63, 3.8) is 0 Å². The van der Waals surface area contributed by atoms with Crippen molar-refractivity contribution in [2.45, 2.75) is 57.1 Å². The maximum Gasteiger partial charge on any atom is 0.0702 e. The summed E-state index contributed by atoms with van der Waals surface area (Å²) in [5, 5.41) is 10.5. The first kappa shape index (κ1) is 12.6. The van der Waals surface area contributed by atoms with Crippen LogP contribution in [-0.4, -0.2) is 16.7 Å². The summed E-state index contributed by atoms with van der Waals surface area (Å²) in [4.78, 5) is 0. The van der Waals surface area contributed by atoms with Crippen molar-refractivity contribution in [2.75, 3.05) is 0 Å². The van der Waals surface area contributed by atoms with E-state index < -0.39 is 5.60 Å². The Bertz CT molecular complexity index is 360. The lowest BCUT2D eigenvalue weighted by atomic mass is 9.78. The Kier molecular flexibility index (Phi) is 3.85. The third kappa shape index (κ3) is 3.30. The first-order valence-corrected chi connectivity index (χ1v) is 6.67. The molecule has 3 N–H and O–H groups in total. The molecule has 94 valence electrons. The van der Waals surface area contributed by atoms with Gasteiger partial charge in [0.1, 0.15) is 0 Å². The van der Waals surface area contributed by atoms with Gasteiger partial charge in [-0.2, -0.15) is 0 Å². The van der Waals surface area contributed by atoms with Gasteiger partial charge < -0.3 is 10.8 Å². The van der Waals surface area contributed by atoms with Crippen molar-refractivity contribution in [1.29, 1.82) is 0 Å². The molecule has 0 amide bonds. The molecule has 1 aliphatic carbocycles. The molecule has 2 atom stereocenters. The lowest BCUT2D eigenvalue weighted by Crippen LogP contribution is -2.42. The Morgan fingerprint density at radius 3 is 2.53 bits per heavy atom. The van der Waals surface area contributed by atoms with E-state index in [9.17, 15) is 5.11 Å². The summed E-state index contributed by atoms with van der Waals surface area (Å²) < 4.78 is 0. The topological polar surface area (TPSA) is 46.2 Å². The minimum absolute atomic E-state index is 0.170. The predicted molar refractivity (Wildman–Crippen MR) is 70.9 cm³/mol. The summed E-state index contributed by atoms with van der Waals surface area (Å²) in [6, 6.07) is 8.75. The molecular weight excluding hydrogens is 210 g/mol. The van der Waals surface area contributed by atoms with Crippen molar-refractivity contribution in [3.8, 4) is 0 Å². The fraction of sp³-hybridized carbons (Fsp3) is 0.600. The van der Waals surface area contributed by atoms with Crippen LogP contribution in [0.4, 0.5) is 0 Å². The molecule has 0 bridgehead atoms. The van der Waals surface area contributed by atoms with Gasteiger partial charge in [-0.15, -0.1) is 0 Å². The molecule has 0 aliphatic heterocycles. The van der Waals surface area contributed by atoms with Crippen molar-refractivity contribution in [1.82, 2.24) is 0 Å². The average Bonchev–Trinajstić information content (AvgIpc) is 2.29. The van der Waals surface area contributed by atoms with Gasteiger partial charge in [0.2, 0.25) is 0 Å². The normalized spacial score (nSPS) is 29.2. The van der Waals surface area contributed by atoms with E-state index in [0.717, 1.165) is 38.5 Å². The Hall–Kier alpha value is -0.860. The maximum absolute atomic E-state index is 10.5. The number of rotatable bonds is 3. The highest BCUT2D eigenvalue weighted by Gasteiger charge is 2.32. The Morgan fingerprint density at radius 1 is 1.29 bits per heavy atom. The van der Waals surface area contributed by atoms with E-state index in [2.05, 4.69) is 31.2 Å². The first-order valence-electron chi connectivity index (χ1n) is 6.67. The van der Waals surface area contributed by atoms with Crippen LogP contribution in [0.25, 0.3) is 0 Å².